The van der Waals surface area contributed by atoms with Gasteiger partial charge >= 0.3 is 5.91 Å². The largest absolute Gasteiger partial charge is 0.459 e. The fraction of sp³-hybridized carbons (Fsp3) is 0.211. The van der Waals surface area contributed by atoms with Crippen LogP contribution in [0.2, 0.25) is 0 Å². The highest BCUT2D eigenvalue weighted by molar-refractivity contribution is 6.24. The van der Waals surface area contributed by atoms with Gasteiger partial charge in [0.15, 0.2) is 5.76 Å². The Morgan fingerprint density at radius 1 is 1.17 bits per heavy atom. The van der Waals surface area contributed by atoms with Crippen LogP contribution in [0, 0.1) is 0 Å². The van der Waals surface area contributed by atoms with E-state index in [-0.39, 0.29) is 36.3 Å². The quantitative estimate of drug-likeness (QED) is 0.325. The summed E-state index contributed by atoms with van der Waals surface area (Å²) < 4.78 is 5.03. The molecule has 5 amide bonds. The number of imide groups is 2. The average molecular weight is 396 g/mol. The van der Waals surface area contributed by atoms with Crippen LogP contribution < -0.4 is 11.2 Å². The van der Waals surface area contributed by atoms with Gasteiger partial charge in [-0.25, -0.2) is 5.84 Å². The second-order valence-electron chi connectivity index (χ2n) is 6.70. The molecule has 3 heterocycles. The molecule has 0 saturated carbocycles. The van der Waals surface area contributed by atoms with Crippen molar-refractivity contribution in [1.29, 1.82) is 0 Å². The molecule has 1 unspecified atom stereocenters. The van der Waals surface area contributed by atoms with E-state index in [4.69, 9.17) is 10.3 Å². The lowest BCUT2D eigenvalue weighted by Crippen LogP contribution is -2.54. The maximum absolute atomic E-state index is 13.0. The molecule has 1 saturated heterocycles. The summed E-state index contributed by atoms with van der Waals surface area (Å²) in [4.78, 5) is 62.5. The van der Waals surface area contributed by atoms with Gasteiger partial charge in [-0.3, -0.25) is 39.2 Å². The van der Waals surface area contributed by atoms with Crippen molar-refractivity contribution in [2.45, 2.75) is 25.4 Å². The molecule has 29 heavy (non-hydrogen) atoms. The first-order valence-corrected chi connectivity index (χ1v) is 8.82. The van der Waals surface area contributed by atoms with Crippen LogP contribution >= 0.6 is 0 Å². The van der Waals surface area contributed by atoms with Gasteiger partial charge in [0.05, 0.1) is 23.9 Å². The summed E-state index contributed by atoms with van der Waals surface area (Å²) >= 11 is 0. The standard InChI is InChI=1S/C19H16N4O6/c20-22(18(27)13-5-2-8-29-13)9-10-3-1-4-11-15(10)19(28)23(17(11)26)12-6-7-14(24)21-16(12)25/h1-5,8,12H,6-7,9,20H2,(H,21,24,25). The molecule has 2 aliphatic rings. The number of piperidine rings is 1. The van der Waals surface area contributed by atoms with E-state index < -0.39 is 35.6 Å². The van der Waals surface area contributed by atoms with Crippen LogP contribution in [0.15, 0.2) is 41.0 Å². The Kier molecular flexibility index (Phi) is 4.47. The summed E-state index contributed by atoms with van der Waals surface area (Å²) in [6, 6.07) is 6.55. The zero-order chi connectivity index (χ0) is 20.7. The molecule has 10 nitrogen and oxygen atoms in total. The second-order valence-corrected chi connectivity index (χ2v) is 6.70. The Bertz CT molecular complexity index is 1040. The number of hydrazine groups is 1. The number of furan rings is 1. The molecule has 3 N–H and O–H groups in total. The lowest BCUT2D eigenvalue weighted by atomic mass is 10.0. The van der Waals surface area contributed by atoms with Gasteiger partial charge in [0.25, 0.3) is 11.8 Å². The lowest BCUT2D eigenvalue weighted by molar-refractivity contribution is -0.136. The predicted octanol–water partition coefficient (Wildman–Crippen LogP) is 0.197. The monoisotopic (exact) mass is 396 g/mol. The normalized spacial score (nSPS) is 18.7. The van der Waals surface area contributed by atoms with Crippen LogP contribution in [0.25, 0.3) is 0 Å². The first-order valence-electron chi connectivity index (χ1n) is 8.82. The van der Waals surface area contributed by atoms with Crippen LogP contribution in [0.5, 0.6) is 0 Å². The first kappa shape index (κ1) is 18.6. The van der Waals surface area contributed by atoms with E-state index in [0.717, 1.165) is 9.91 Å². The van der Waals surface area contributed by atoms with Gasteiger partial charge in [-0.15, -0.1) is 0 Å². The summed E-state index contributed by atoms with van der Waals surface area (Å²) in [5.74, 6) is 2.87. The van der Waals surface area contributed by atoms with E-state index in [1.54, 1.807) is 18.2 Å². The molecule has 0 radical (unpaired) electrons. The van der Waals surface area contributed by atoms with Gasteiger partial charge in [0.2, 0.25) is 11.8 Å². The van der Waals surface area contributed by atoms with Crippen LogP contribution in [-0.2, 0) is 16.1 Å². The molecule has 0 aliphatic carbocycles. The van der Waals surface area contributed by atoms with Gasteiger partial charge in [-0.1, -0.05) is 12.1 Å². The number of nitrogens with two attached hydrogens (primary N) is 1. The minimum absolute atomic E-state index is 0.0326. The second kappa shape index (κ2) is 6.99. The number of nitrogens with one attached hydrogen (secondary N) is 1. The highest BCUT2D eigenvalue weighted by Gasteiger charge is 2.45. The topological polar surface area (TPSA) is 143 Å². The molecule has 2 aromatic rings. The van der Waals surface area contributed by atoms with Crippen molar-refractivity contribution in [1.82, 2.24) is 15.2 Å². The van der Waals surface area contributed by atoms with Gasteiger partial charge in [-0.05, 0) is 30.2 Å². The Balaban J connectivity index is 1.62. The highest BCUT2D eigenvalue weighted by atomic mass is 16.3. The Hall–Kier alpha value is -3.79. The summed E-state index contributed by atoms with van der Waals surface area (Å²) in [5.41, 5.74) is 0.569. The molecular weight excluding hydrogens is 380 g/mol. The molecule has 1 fully saturated rings. The molecule has 0 bridgehead atoms. The lowest BCUT2D eigenvalue weighted by Gasteiger charge is -2.27. The van der Waals surface area contributed by atoms with Crippen LogP contribution in [0.1, 0.15) is 49.7 Å². The minimum atomic E-state index is -1.06. The van der Waals surface area contributed by atoms with E-state index >= 15 is 0 Å². The Morgan fingerprint density at radius 3 is 2.66 bits per heavy atom. The molecule has 0 spiro atoms. The zero-order valence-corrected chi connectivity index (χ0v) is 15.1. The number of hydrogen-bond donors (Lipinski definition) is 2. The zero-order valence-electron chi connectivity index (χ0n) is 15.1. The minimum Gasteiger partial charge on any atom is -0.459 e. The van der Waals surface area contributed by atoms with E-state index in [9.17, 15) is 24.0 Å². The first-order chi connectivity index (χ1) is 13.9. The molecule has 4 rings (SSSR count). The number of benzene rings is 1. The highest BCUT2D eigenvalue weighted by Crippen LogP contribution is 2.30. The fourth-order valence-corrected chi connectivity index (χ4v) is 3.51. The van der Waals surface area contributed by atoms with Gasteiger partial charge < -0.3 is 4.42 Å². The number of carbonyl (C=O) groups excluding carboxylic acids is 5. The molecular formula is C19H16N4O6. The number of nitrogens with zero attached hydrogens (tertiary/aromatic N) is 2. The Labute approximate surface area is 164 Å². The number of amides is 5. The number of fused-ring (bicyclic) bond motifs is 1. The van der Waals surface area contributed by atoms with Crippen molar-refractivity contribution in [2.24, 2.45) is 5.84 Å². The molecule has 1 aromatic carbocycles. The Morgan fingerprint density at radius 2 is 1.97 bits per heavy atom. The van der Waals surface area contributed by atoms with Crippen LogP contribution in [0.4, 0.5) is 0 Å². The summed E-state index contributed by atoms with van der Waals surface area (Å²) in [5, 5.41) is 3.02. The van der Waals surface area contributed by atoms with Gasteiger partial charge in [0.1, 0.15) is 6.04 Å². The number of hydrogen-bond acceptors (Lipinski definition) is 7. The van der Waals surface area contributed by atoms with E-state index in [0.29, 0.717) is 5.56 Å². The van der Waals surface area contributed by atoms with Gasteiger partial charge in [-0.2, -0.15) is 0 Å². The number of rotatable bonds is 4. The smallest absolute Gasteiger partial charge is 0.303 e. The van der Waals surface area contributed by atoms with Gasteiger partial charge in [0, 0.05) is 6.42 Å². The third-order valence-electron chi connectivity index (χ3n) is 4.89. The van der Waals surface area contributed by atoms with Crippen molar-refractivity contribution in [3.63, 3.8) is 0 Å². The van der Waals surface area contributed by atoms with Crippen molar-refractivity contribution in [3.05, 3.63) is 59.0 Å². The SMILES string of the molecule is NN(Cc1cccc2c1C(=O)N(C1CCC(=O)NC1=O)C2=O)C(=O)c1ccco1. The fourth-order valence-electron chi connectivity index (χ4n) is 3.51. The summed E-state index contributed by atoms with van der Waals surface area (Å²) in [7, 11) is 0. The van der Waals surface area contributed by atoms with Crippen molar-refractivity contribution >= 4 is 29.5 Å². The van der Waals surface area contributed by atoms with Crippen molar-refractivity contribution < 1.29 is 28.4 Å². The molecule has 148 valence electrons. The average Bonchev–Trinajstić information content (AvgIpc) is 3.30. The molecule has 1 aromatic heterocycles. The number of carbonyl (C=O) groups is 5. The predicted molar refractivity (Wildman–Crippen MR) is 95.9 cm³/mol. The summed E-state index contributed by atoms with van der Waals surface area (Å²) in [6.07, 6.45) is 1.43. The van der Waals surface area contributed by atoms with Crippen LogP contribution in [0.3, 0.4) is 0 Å². The van der Waals surface area contributed by atoms with E-state index in [2.05, 4.69) is 5.32 Å². The van der Waals surface area contributed by atoms with E-state index in [1.807, 2.05) is 0 Å². The van der Waals surface area contributed by atoms with E-state index in [1.165, 1.54) is 18.4 Å². The third-order valence-corrected chi connectivity index (χ3v) is 4.89. The van der Waals surface area contributed by atoms with Crippen molar-refractivity contribution in [2.75, 3.05) is 0 Å². The maximum Gasteiger partial charge on any atom is 0.303 e. The molecule has 10 heteroatoms. The summed E-state index contributed by atoms with van der Waals surface area (Å²) in [6.45, 7) is -0.148. The van der Waals surface area contributed by atoms with Crippen LogP contribution in [-0.4, -0.2) is 45.5 Å². The maximum atomic E-state index is 13.0. The molecule has 1 atom stereocenters. The molecule has 2 aliphatic heterocycles. The third kappa shape index (κ3) is 3.09. The van der Waals surface area contributed by atoms with Crippen molar-refractivity contribution in [3.8, 4) is 0 Å².